The molecule has 2 fully saturated rings. The monoisotopic (exact) mass is 267 g/mol. The summed E-state index contributed by atoms with van der Waals surface area (Å²) in [4.78, 5) is 14.8. The van der Waals surface area contributed by atoms with Crippen molar-refractivity contribution >= 4 is 5.91 Å². The molecule has 0 aromatic rings. The molecule has 4 nitrogen and oxygen atoms in total. The van der Waals surface area contributed by atoms with Crippen molar-refractivity contribution in [3.8, 4) is 0 Å². The molecule has 110 valence electrons. The van der Waals surface area contributed by atoms with Crippen LogP contribution in [0.2, 0.25) is 0 Å². The quantitative estimate of drug-likeness (QED) is 0.796. The molecule has 3 N–H and O–H groups in total. The lowest BCUT2D eigenvalue weighted by molar-refractivity contribution is -0.128. The van der Waals surface area contributed by atoms with Crippen LogP contribution < -0.4 is 11.1 Å². The van der Waals surface area contributed by atoms with Crippen molar-refractivity contribution in [1.29, 1.82) is 0 Å². The molecule has 0 aromatic heterocycles. The summed E-state index contributed by atoms with van der Waals surface area (Å²) in [5.74, 6) is 0.188. The largest absolute Gasteiger partial charge is 0.352 e. The predicted molar refractivity (Wildman–Crippen MR) is 77.8 cm³/mol. The molecule has 2 aliphatic heterocycles. The van der Waals surface area contributed by atoms with E-state index in [0.29, 0.717) is 18.1 Å². The van der Waals surface area contributed by atoms with Crippen LogP contribution in [-0.4, -0.2) is 41.0 Å². The van der Waals surface area contributed by atoms with E-state index in [0.717, 1.165) is 25.7 Å². The van der Waals surface area contributed by atoms with E-state index in [2.05, 4.69) is 31.0 Å². The second-order valence-corrected chi connectivity index (χ2v) is 6.44. The number of nitrogens with two attached hydrogens (primary N) is 1. The zero-order valence-electron chi connectivity index (χ0n) is 12.6. The lowest BCUT2D eigenvalue weighted by atomic mass is 9.96. The summed E-state index contributed by atoms with van der Waals surface area (Å²) in [5, 5.41) is 3.15. The molecule has 2 bridgehead atoms. The third-order valence-electron chi connectivity index (χ3n) is 4.76. The van der Waals surface area contributed by atoms with E-state index in [1.807, 2.05) is 0 Å². The summed E-state index contributed by atoms with van der Waals surface area (Å²) in [5.41, 5.74) is 6.09. The van der Waals surface area contributed by atoms with Gasteiger partial charge in [-0.05, 0) is 46.0 Å². The Hall–Kier alpha value is -0.610. The van der Waals surface area contributed by atoms with Crippen molar-refractivity contribution in [3.63, 3.8) is 0 Å². The van der Waals surface area contributed by atoms with Crippen molar-refractivity contribution in [2.75, 3.05) is 0 Å². The van der Waals surface area contributed by atoms with Gasteiger partial charge in [0.2, 0.25) is 5.91 Å². The van der Waals surface area contributed by atoms with Gasteiger partial charge >= 0.3 is 0 Å². The maximum absolute atomic E-state index is 12.3. The standard InChI is InChI=1S/C15H29N3O/c1-4-5-10(2)17-15(19)11(3)18-13-6-7-14(18)9-12(16)8-13/h10-14H,4-9,16H2,1-3H3,(H,17,19). The fourth-order valence-corrected chi connectivity index (χ4v) is 3.89. The molecule has 19 heavy (non-hydrogen) atoms. The predicted octanol–water partition coefficient (Wildman–Crippen LogP) is 1.63. The lowest BCUT2D eigenvalue weighted by Gasteiger charge is -2.41. The van der Waals surface area contributed by atoms with Crippen LogP contribution in [0.15, 0.2) is 0 Å². The van der Waals surface area contributed by atoms with E-state index in [1.165, 1.54) is 12.8 Å². The Morgan fingerprint density at radius 2 is 1.89 bits per heavy atom. The van der Waals surface area contributed by atoms with Gasteiger partial charge in [0.05, 0.1) is 6.04 Å². The Bertz CT molecular complexity index is 307. The van der Waals surface area contributed by atoms with Crippen LogP contribution in [-0.2, 0) is 4.79 Å². The second kappa shape index (κ2) is 6.23. The van der Waals surface area contributed by atoms with Gasteiger partial charge in [0, 0.05) is 24.2 Å². The third kappa shape index (κ3) is 3.29. The molecular formula is C15H29N3O. The molecule has 0 aliphatic carbocycles. The fourth-order valence-electron chi connectivity index (χ4n) is 3.89. The first kappa shape index (κ1) is 14.8. The average Bonchev–Trinajstić information content (AvgIpc) is 2.60. The van der Waals surface area contributed by atoms with Gasteiger partial charge in [0.15, 0.2) is 0 Å². The number of carbonyl (C=O) groups is 1. The van der Waals surface area contributed by atoms with E-state index in [1.54, 1.807) is 0 Å². The number of hydrogen-bond acceptors (Lipinski definition) is 3. The highest BCUT2D eigenvalue weighted by atomic mass is 16.2. The lowest BCUT2D eigenvalue weighted by Crippen LogP contribution is -2.56. The van der Waals surface area contributed by atoms with Crippen LogP contribution >= 0.6 is 0 Å². The van der Waals surface area contributed by atoms with Crippen LogP contribution in [0.25, 0.3) is 0 Å². The van der Waals surface area contributed by atoms with Gasteiger partial charge in [-0.3, -0.25) is 9.69 Å². The van der Waals surface area contributed by atoms with Gasteiger partial charge in [-0.15, -0.1) is 0 Å². The van der Waals surface area contributed by atoms with Gasteiger partial charge in [-0.1, -0.05) is 13.3 Å². The molecule has 2 heterocycles. The van der Waals surface area contributed by atoms with Crippen LogP contribution in [0.3, 0.4) is 0 Å². The van der Waals surface area contributed by atoms with Crippen molar-refractivity contribution in [3.05, 3.63) is 0 Å². The molecule has 2 rings (SSSR count). The number of nitrogens with zero attached hydrogens (tertiary/aromatic N) is 1. The normalized spacial score (nSPS) is 34.0. The Balaban J connectivity index is 1.92. The van der Waals surface area contributed by atoms with E-state index in [-0.39, 0.29) is 18.0 Å². The summed E-state index contributed by atoms with van der Waals surface area (Å²) >= 11 is 0. The number of fused-ring (bicyclic) bond motifs is 2. The molecule has 4 atom stereocenters. The minimum absolute atomic E-state index is 0.00990. The molecule has 2 aliphatic rings. The number of nitrogens with one attached hydrogen (secondary N) is 1. The van der Waals surface area contributed by atoms with E-state index in [4.69, 9.17) is 5.73 Å². The van der Waals surface area contributed by atoms with Crippen LogP contribution in [0.4, 0.5) is 0 Å². The number of amides is 1. The minimum atomic E-state index is -0.00990. The van der Waals surface area contributed by atoms with Gasteiger partial charge < -0.3 is 11.1 Å². The molecule has 4 heteroatoms. The van der Waals surface area contributed by atoms with Gasteiger partial charge in [-0.25, -0.2) is 0 Å². The first-order valence-electron chi connectivity index (χ1n) is 7.86. The summed E-state index contributed by atoms with van der Waals surface area (Å²) in [6.45, 7) is 6.29. The highest BCUT2D eigenvalue weighted by Gasteiger charge is 2.43. The zero-order chi connectivity index (χ0) is 14.0. The molecule has 2 saturated heterocycles. The first-order chi connectivity index (χ1) is 9.02. The van der Waals surface area contributed by atoms with E-state index >= 15 is 0 Å². The molecule has 4 unspecified atom stereocenters. The molecule has 1 amide bonds. The second-order valence-electron chi connectivity index (χ2n) is 6.44. The van der Waals surface area contributed by atoms with Crippen molar-refractivity contribution < 1.29 is 4.79 Å². The molecular weight excluding hydrogens is 238 g/mol. The Morgan fingerprint density at radius 3 is 2.42 bits per heavy atom. The third-order valence-corrected chi connectivity index (χ3v) is 4.76. The molecule has 0 spiro atoms. The van der Waals surface area contributed by atoms with E-state index < -0.39 is 0 Å². The van der Waals surface area contributed by atoms with Gasteiger partial charge in [-0.2, -0.15) is 0 Å². The average molecular weight is 267 g/mol. The zero-order valence-corrected chi connectivity index (χ0v) is 12.6. The summed E-state index contributed by atoms with van der Waals surface area (Å²) in [6.07, 6.45) is 6.69. The fraction of sp³-hybridized carbons (Fsp3) is 0.933. The number of rotatable bonds is 5. The van der Waals surface area contributed by atoms with Crippen molar-refractivity contribution in [2.45, 2.75) is 89.5 Å². The Labute approximate surface area is 117 Å². The van der Waals surface area contributed by atoms with E-state index in [9.17, 15) is 4.79 Å². The molecule has 0 saturated carbocycles. The topological polar surface area (TPSA) is 58.4 Å². The minimum Gasteiger partial charge on any atom is -0.352 e. The SMILES string of the molecule is CCCC(C)NC(=O)C(C)N1C2CCC1CC(N)C2. The Kier molecular flexibility index (Phi) is 4.85. The number of hydrogen-bond donors (Lipinski definition) is 2. The Morgan fingerprint density at radius 1 is 1.32 bits per heavy atom. The van der Waals surface area contributed by atoms with Crippen molar-refractivity contribution in [1.82, 2.24) is 10.2 Å². The number of carbonyl (C=O) groups excluding carboxylic acids is 1. The summed E-state index contributed by atoms with van der Waals surface area (Å²) in [6, 6.07) is 1.66. The van der Waals surface area contributed by atoms with Crippen LogP contribution in [0, 0.1) is 0 Å². The van der Waals surface area contributed by atoms with Gasteiger partial charge in [0.1, 0.15) is 0 Å². The van der Waals surface area contributed by atoms with Crippen LogP contribution in [0.1, 0.15) is 59.3 Å². The number of piperidine rings is 1. The molecule has 0 radical (unpaired) electrons. The van der Waals surface area contributed by atoms with Gasteiger partial charge in [0.25, 0.3) is 0 Å². The maximum Gasteiger partial charge on any atom is 0.237 e. The van der Waals surface area contributed by atoms with Crippen LogP contribution in [0.5, 0.6) is 0 Å². The summed E-state index contributed by atoms with van der Waals surface area (Å²) in [7, 11) is 0. The molecule has 0 aromatic carbocycles. The highest BCUT2D eigenvalue weighted by molar-refractivity contribution is 5.81. The summed E-state index contributed by atoms with van der Waals surface area (Å²) < 4.78 is 0. The van der Waals surface area contributed by atoms with Crippen molar-refractivity contribution in [2.24, 2.45) is 5.73 Å². The highest BCUT2D eigenvalue weighted by Crippen LogP contribution is 2.36. The first-order valence-corrected chi connectivity index (χ1v) is 7.86. The maximum atomic E-state index is 12.3. The smallest absolute Gasteiger partial charge is 0.237 e.